The van der Waals surface area contributed by atoms with Gasteiger partial charge >= 0.3 is 0 Å². The molecule has 7 heteroatoms. The first-order chi connectivity index (χ1) is 12.1. The maximum atomic E-state index is 12.5. The molecule has 1 aromatic heterocycles. The van der Waals surface area contributed by atoms with Crippen molar-refractivity contribution in [3.05, 3.63) is 30.3 Å². The minimum atomic E-state index is -0.728. The van der Waals surface area contributed by atoms with Gasteiger partial charge in [-0.3, -0.25) is 4.79 Å². The zero-order chi connectivity index (χ0) is 17.7. The van der Waals surface area contributed by atoms with Gasteiger partial charge in [-0.25, -0.2) is 0 Å². The lowest BCUT2D eigenvalue weighted by Gasteiger charge is -2.32. The minimum absolute atomic E-state index is 0.173. The summed E-state index contributed by atoms with van der Waals surface area (Å²) in [6.07, 6.45) is 4.49. The fourth-order valence-corrected chi connectivity index (χ4v) is 3.60. The Hall–Kier alpha value is -2.33. The molecular formula is C18H20N4O2S. The van der Waals surface area contributed by atoms with E-state index >= 15 is 0 Å². The molecule has 1 unspecified atom stereocenters. The Morgan fingerprint density at radius 1 is 1.28 bits per heavy atom. The van der Waals surface area contributed by atoms with E-state index in [0.717, 1.165) is 24.8 Å². The zero-order valence-corrected chi connectivity index (χ0v) is 14.9. The van der Waals surface area contributed by atoms with Gasteiger partial charge in [0.1, 0.15) is 5.54 Å². The molecule has 1 atom stereocenters. The summed E-state index contributed by atoms with van der Waals surface area (Å²) in [6, 6.07) is 11.8. The molecule has 1 fully saturated rings. The number of carbonyl (C=O) groups is 1. The molecule has 0 aliphatic heterocycles. The average molecular weight is 356 g/mol. The van der Waals surface area contributed by atoms with Gasteiger partial charge in [-0.1, -0.05) is 49.2 Å². The van der Waals surface area contributed by atoms with E-state index in [9.17, 15) is 10.1 Å². The van der Waals surface area contributed by atoms with Gasteiger partial charge in [0.15, 0.2) is 0 Å². The molecule has 2 aromatic rings. The molecule has 1 aliphatic carbocycles. The predicted molar refractivity (Wildman–Crippen MR) is 94.6 cm³/mol. The third-order valence-electron chi connectivity index (χ3n) is 4.36. The highest BCUT2D eigenvalue weighted by Gasteiger charge is 2.35. The zero-order valence-electron chi connectivity index (χ0n) is 14.1. The average Bonchev–Trinajstić information content (AvgIpc) is 3.11. The summed E-state index contributed by atoms with van der Waals surface area (Å²) in [5, 5.41) is 20.4. The van der Waals surface area contributed by atoms with E-state index < -0.39 is 10.8 Å². The number of nitrogens with one attached hydrogen (secondary N) is 1. The quantitative estimate of drug-likeness (QED) is 0.824. The number of amides is 1. The van der Waals surface area contributed by atoms with E-state index in [-0.39, 0.29) is 5.91 Å². The monoisotopic (exact) mass is 356 g/mol. The van der Waals surface area contributed by atoms with Crippen LogP contribution in [0.15, 0.2) is 40.0 Å². The van der Waals surface area contributed by atoms with Crippen molar-refractivity contribution in [3.63, 3.8) is 0 Å². The lowest BCUT2D eigenvalue weighted by Crippen LogP contribution is -2.50. The number of nitrogens with zero attached hydrogens (tertiary/aromatic N) is 3. The minimum Gasteiger partial charge on any atom is -0.411 e. The number of aromatic nitrogens is 2. The molecule has 25 heavy (non-hydrogen) atoms. The lowest BCUT2D eigenvalue weighted by atomic mass is 9.83. The van der Waals surface area contributed by atoms with Crippen molar-refractivity contribution in [3.8, 4) is 17.5 Å². The van der Waals surface area contributed by atoms with Gasteiger partial charge in [0.2, 0.25) is 11.8 Å². The van der Waals surface area contributed by atoms with Crippen molar-refractivity contribution >= 4 is 17.7 Å². The predicted octanol–water partition coefficient (Wildman–Crippen LogP) is 3.56. The number of carbonyl (C=O) groups excluding carboxylic acids is 1. The molecule has 1 saturated carbocycles. The van der Waals surface area contributed by atoms with Crippen LogP contribution in [0.1, 0.15) is 39.0 Å². The van der Waals surface area contributed by atoms with E-state index in [2.05, 4.69) is 21.6 Å². The van der Waals surface area contributed by atoms with Crippen LogP contribution in [0, 0.1) is 11.3 Å². The van der Waals surface area contributed by atoms with Gasteiger partial charge in [-0.15, -0.1) is 10.2 Å². The van der Waals surface area contributed by atoms with Crippen LogP contribution in [0.25, 0.3) is 11.5 Å². The van der Waals surface area contributed by atoms with Crippen LogP contribution < -0.4 is 5.32 Å². The van der Waals surface area contributed by atoms with Gasteiger partial charge in [-0.2, -0.15) is 5.26 Å². The maximum Gasteiger partial charge on any atom is 0.277 e. The molecule has 130 valence electrons. The number of hydrogen-bond acceptors (Lipinski definition) is 6. The van der Waals surface area contributed by atoms with Crippen LogP contribution in [0.2, 0.25) is 0 Å². The number of thioether (sulfide) groups is 1. The molecule has 1 amide bonds. The number of nitriles is 1. The first-order valence-corrected chi connectivity index (χ1v) is 9.29. The van der Waals surface area contributed by atoms with Gasteiger partial charge < -0.3 is 9.73 Å². The molecule has 3 rings (SSSR count). The van der Waals surface area contributed by atoms with Crippen molar-refractivity contribution in [1.82, 2.24) is 15.5 Å². The van der Waals surface area contributed by atoms with Crippen molar-refractivity contribution in [1.29, 1.82) is 5.26 Å². The van der Waals surface area contributed by atoms with Crippen molar-refractivity contribution < 1.29 is 9.21 Å². The Kier molecular flexibility index (Phi) is 5.39. The molecule has 1 heterocycles. The molecule has 1 aliphatic rings. The number of benzene rings is 1. The second-order valence-corrected chi connectivity index (χ2v) is 7.54. The molecular weight excluding hydrogens is 336 g/mol. The van der Waals surface area contributed by atoms with Crippen molar-refractivity contribution in [2.24, 2.45) is 0 Å². The van der Waals surface area contributed by atoms with Crippen LogP contribution in [-0.4, -0.2) is 26.9 Å². The molecule has 0 saturated heterocycles. The highest BCUT2D eigenvalue weighted by Crippen LogP contribution is 2.30. The standard InChI is InChI=1S/C18H20N4O2S/c1-13(15(23)20-18(12-19)10-6-3-7-11-18)25-17-22-21-16(24-17)14-8-4-2-5-9-14/h2,4-5,8-9,13H,3,6-7,10-11H2,1H3,(H,20,23). The SMILES string of the molecule is CC(Sc1nnc(-c2ccccc2)o1)C(=O)NC1(C#N)CCCCC1. The Labute approximate surface area is 151 Å². The van der Waals surface area contributed by atoms with Gasteiger partial charge in [0.05, 0.1) is 11.3 Å². The molecule has 1 aromatic carbocycles. The van der Waals surface area contributed by atoms with E-state index in [1.54, 1.807) is 6.92 Å². The summed E-state index contributed by atoms with van der Waals surface area (Å²) in [7, 11) is 0. The Bertz CT molecular complexity index is 763. The van der Waals surface area contributed by atoms with E-state index in [4.69, 9.17) is 4.42 Å². The third-order valence-corrected chi connectivity index (χ3v) is 5.29. The normalized spacial score (nSPS) is 17.4. The topological polar surface area (TPSA) is 91.8 Å². The first kappa shape index (κ1) is 17.5. The molecule has 1 N–H and O–H groups in total. The Morgan fingerprint density at radius 3 is 2.68 bits per heavy atom. The van der Waals surface area contributed by atoms with Crippen molar-refractivity contribution in [2.45, 2.75) is 55.0 Å². The van der Waals surface area contributed by atoms with E-state index in [1.165, 1.54) is 11.8 Å². The summed E-state index contributed by atoms with van der Waals surface area (Å²) in [6.45, 7) is 1.78. The van der Waals surface area contributed by atoms with Crippen LogP contribution in [-0.2, 0) is 4.79 Å². The van der Waals surface area contributed by atoms with Crippen LogP contribution >= 0.6 is 11.8 Å². The second-order valence-electron chi connectivity index (χ2n) is 6.24. The molecule has 0 radical (unpaired) electrons. The fraction of sp³-hybridized carbons (Fsp3) is 0.444. The Balaban J connectivity index is 1.62. The highest BCUT2D eigenvalue weighted by molar-refractivity contribution is 8.00. The summed E-state index contributed by atoms with van der Waals surface area (Å²) >= 11 is 1.20. The summed E-state index contributed by atoms with van der Waals surface area (Å²) in [4.78, 5) is 12.5. The van der Waals surface area contributed by atoms with Gasteiger partial charge in [0, 0.05) is 5.56 Å². The summed E-state index contributed by atoms with van der Waals surface area (Å²) in [5.41, 5.74) is 0.110. The number of hydrogen-bond donors (Lipinski definition) is 1. The summed E-state index contributed by atoms with van der Waals surface area (Å²) in [5.74, 6) is 0.254. The maximum absolute atomic E-state index is 12.5. The van der Waals surface area contributed by atoms with E-state index in [1.807, 2.05) is 30.3 Å². The lowest BCUT2D eigenvalue weighted by molar-refractivity contribution is -0.122. The van der Waals surface area contributed by atoms with Crippen LogP contribution in [0.3, 0.4) is 0 Å². The van der Waals surface area contributed by atoms with Crippen molar-refractivity contribution in [2.75, 3.05) is 0 Å². The Morgan fingerprint density at radius 2 is 2.00 bits per heavy atom. The molecule has 0 bridgehead atoms. The van der Waals surface area contributed by atoms with Crippen LogP contribution in [0.5, 0.6) is 0 Å². The third kappa shape index (κ3) is 4.20. The van der Waals surface area contributed by atoms with Gasteiger partial charge in [0.25, 0.3) is 5.22 Å². The largest absolute Gasteiger partial charge is 0.411 e. The second kappa shape index (κ2) is 7.70. The molecule has 6 nitrogen and oxygen atoms in total. The molecule has 0 spiro atoms. The highest BCUT2D eigenvalue weighted by atomic mass is 32.2. The smallest absolute Gasteiger partial charge is 0.277 e. The van der Waals surface area contributed by atoms with Gasteiger partial charge in [-0.05, 0) is 31.9 Å². The van der Waals surface area contributed by atoms with E-state index in [0.29, 0.717) is 24.0 Å². The first-order valence-electron chi connectivity index (χ1n) is 8.41. The summed E-state index contributed by atoms with van der Waals surface area (Å²) < 4.78 is 5.63. The fourth-order valence-electron chi connectivity index (χ4n) is 2.92. The number of rotatable bonds is 5. The van der Waals surface area contributed by atoms with Crippen LogP contribution in [0.4, 0.5) is 0 Å².